The number of aliphatic imine (C=N–C) groups is 1. The maximum absolute atomic E-state index is 12.8. The number of rotatable bonds is 4. The van der Waals surface area contributed by atoms with Gasteiger partial charge >= 0.3 is 0 Å². The number of sulfonamides is 1. The molecule has 0 amide bonds. The third kappa shape index (κ3) is 4.42. The number of non-ortho nitro benzene ring substituents is 1. The van der Waals surface area contributed by atoms with Gasteiger partial charge in [0.25, 0.3) is 5.69 Å². The number of hydrogen-bond acceptors (Lipinski definition) is 6. The molecule has 0 aliphatic carbocycles. The van der Waals surface area contributed by atoms with Crippen molar-refractivity contribution in [2.24, 2.45) is 4.99 Å². The van der Waals surface area contributed by atoms with Gasteiger partial charge in [0.1, 0.15) is 5.84 Å². The average Bonchev–Trinajstić information content (AvgIpc) is 2.72. The predicted molar refractivity (Wildman–Crippen MR) is 107 cm³/mol. The van der Waals surface area contributed by atoms with Crippen LogP contribution in [0.25, 0.3) is 0 Å². The molecule has 0 radical (unpaired) electrons. The first kappa shape index (κ1) is 20.4. The Bertz CT molecular complexity index is 1070. The molecular formula is C19H19N5O4S. The van der Waals surface area contributed by atoms with Crippen molar-refractivity contribution in [3.05, 3.63) is 69.8 Å². The molecule has 3 rings (SSSR count). The first-order chi connectivity index (χ1) is 13.8. The Balaban J connectivity index is 1.75. The van der Waals surface area contributed by atoms with Gasteiger partial charge in [0.05, 0.1) is 9.82 Å². The molecule has 0 spiro atoms. The van der Waals surface area contributed by atoms with Gasteiger partial charge < -0.3 is 4.90 Å². The molecule has 1 saturated heterocycles. The van der Waals surface area contributed by atoms with Crippen LogP contribution < -0.4 is 0 Å². The molecule has 29 heavy (non-hydrogen) atoms. The van der Waals surface area contributed by atoms with Crippen molar-refractivity contribution in [2.75, 3.05) is 26.2 Å². The maximum atomic E-state index is 12.8. The predicted octanol–water partition coefficient (Wildman–Crippen LogP) is 2.14. The lowest BCUT2D eigenvalue weighted by molar-refractivity contribution is -0.384. The summed E-state index contributed by atoms with van der Waals surface area (Å²) < 4.78 is 27.1. The van der Waals surface area contributed by atoms with Crippen molar-refractivity contribution in [2.45, 2.75) is 11.8 Å². The number of nitrogens with zero attached hydrogens (tertiary/aromatic N) is 5. The summed E-state index contributed by atoms with van der Waals surface area (Å²) in [6.45, 7) is 3.08. The van der Waals surface area contributed by atoms with Gasteiger partial charge in [-0.2, -0.15) is 14.6 Å². The second-order valence-electron chi connectivity index (χ2n) is 6.54. The van der Waals surface area contributed by atoms with Gasteiger partial charge in [-0.05, 0) is 31.2 Å². The summed E-state index contributed by atoms with van der Waals surface area (Å²) >= 11 is 0. The fraction of sp³-hybridized carbons (Fsp3) is 0.263. The van der Waals surface area contributed by atoms with E-state index in [1.54, 1.807) is 30.5 Å². The second-order valence-corrected chi connectivity index (χ2v) is 8.48. The molecule has 0 bridgehead atoms. The molecule has 1 aliphatic rings. The zero-order chi connectivity index (χ0) is 21.0. The number of aryl methyl sites for hydroxylation is 1. The normalized spacial score (nSPS) is 15.7. The van der Waals surface area contributed by atoms with E-state index in [9.17, 15) is 18.5 Å². The van der Waals surface area contributed by atoms with Crippen LogP contribution in [-0.4, -0.2) is 54.6 Å². The number of nitro groups is 1. The largest absolute Gasteiger partial charge is 0.353 e. The van der Waals surface area contributed by atoms with Crippen LogP contribution in [0, 0.1) is 28.5 Å². The Kier molecular flexibility index (Phi) is 5.91. The SMILES string of the molecule is Cc1ccc(S(=O)(=O)N2CCN(/C(=N/C#N)c3ccc([N+](=O)[O-])cc3)CC2)cc1. The maximum Gasteiger partial charge on any atom is 0.269 e. The number of hydrogen-bond donors (Lipinski definition) is 0. The Morgan fingerprint density at radius 3 is 2.17 bits per heavy atom. The molecule has 0 unspecified atom stereocenters. The van der Waals surface area contributed by atoms with Gasteiger partial charge in [0.15, 0.2) is 0 Å². The van der Waals surface area contributed by atoms with E-state index in [-0.39, 0.29) is 23.7 Å². The highest BCUT2D eigenvalue weighted by Crippen LogP contribution is 2.20. The van der Waals surface area contributed by atoms with E-state index in [0.29, 0.717) is 24.5 Å². The lowest BCUT2D eigenvalue weighted by Gasteiger charge is -2.35. The standard InChI is InChI=1S/C19H19N5O4S/c1-15-2-8-18(9-3-15)29(27,28)23-12-10-22(11-13-23)19(21-14-20)16-4-6-17(7-5-16)24(25)26/h2-9H,10-13H2,1H3/b21-19+. The van der Waals surface area contributed by atoms with Gasteiger partial charge in [-0.3, -0.25) is 10.1 Å². The molecular weight excluding hydrogens is 394 g/mol. The summed E-state index contributed by atoms with van der Waals surface area (Å²) in [4.78, 5) is 16.2. The minimum atomic E-state index is -3.59. The third-order valence-corrected chi connectivity index (χ3v) is 6.60. The minimum absolute atomic E-state index is 0.0564. The Morgan fingerprint density at radius 1 is 1.07 bits per heavy atom. The van der Waals surface area contributed by atoms with Crippen molar-refractivity contribution in [3.63, 3.8) is 0 Å². The highest BCUT2D eigenvalue weighted by Gasteiger charge is 2.30. The summed E-state index contributed by atoms with van der Waals surface area (Å²) in [7, 11) is -3.59. The minimum Gasteiger partial charge on any atom is -0.353 e. The van der Waals surface area contributed by atoms with E-state index in [1.807, 2.05) is 11.8 Å². The van der Waals surface area contributed by atoms with Crippen molar-refractivity contribution in [1.82, 2.24) is 9.21 Å². The highest BCUT2D eigenvalue weighted by molar-refractivity contribution is 7.89. The molecule has 0 atom stereocenters. The molecule has 9 nitrogen and oxygen atoms in total. The van der Waals surface area contributed by atoms with Crippen molar-refractivity contribution in [1.29, 1.82) is 5.26 Å². The van der Waals surface area contributed by atoms with Crippen molar-refractivity contribution < 1.29 is 13.3 Å². The van der Waals surface area contributed by atoms with Gasteiger partial charge in [0.2, 0.25) is 16.2 Å². The smallest absolute Gasteiger partial charge is 0.269 e. The fourth-order valence-electron chi connectivity index (χ4n) is 3.10. The number of amidine groups is 1. The van der Waals surface area contributed by atoms with E-state index < -0.39 is 14.9 Å². The zero-order valence-corrected chi connectivity index (χ0v) is 16.5. The Morgan fingerprint density at radius 2 is 1.66 bits per heavy atom. The van der Waals surface area contributed by atoms with Crippen LogP contribution in [0.4, 0.5) is 5.69 Å². The summed E-state index contributed by atoms with van der Waals surface area (Å²) in [6.07, 6.45) is 1.75. The zero-order valence-electron chi connectivity index (χ0n) is 15.7. The molecule has 0 saturated carbocycles. The number of piperazine rings is 1. The Labute approximate surface area is 168 Å². The van der Waals surface area contributed by atoms with E-state index >= 15 is 0 Å². The molecule has 2 aromatic carbocycles. The van der Waals surface area contributed by atoms with Crippen LogP contribution in [0.1, 0.15) is 11.1 Å². The second kappa shape index (κ2) is 8.38. The molecule has 10 heteroatoms. The Hall–Kier alpha value is -3.29. The first-order valence-corrected chi connectivity index (χ1v) is 10.3. The average molecular weight is 413 g/mol. The van der Waals surface area contributed by atoms with Gasteiger partial charge in [0, 0.05) is 43.9 Å². The fourth-order valence-corrected chi connectivity index (χ4v) is 4.52. The van der Waals surface area contributed by atoms with Crippen LogP contribution in [0.5, 0.6) is 0 Å². The van der Waals surface area contributed by atoms with Crippen LogP contribution >= 0.6 is 0 Å². The van der Waals surface area contributed by atoms with Crippen LogP contribution in [0.2, 0.25) is 0 Å². The summed E-state index contributed by atoms with van der Waals surface area (Å²) in [5, 5.41) is 19.9. The van der Waals surface area contributed by atoms with Gasteiger partial charge in [-0.25, -0.2) is 8.42 Å². The molecule has 2 aromatic rings. The van der Waals surface area contributed by atoms with E-state index in [2.05, 4.69) is 4.99 Å². The molecule has 1 aliphatic heterocycles. The third-order valence-electron chi connectivity index (χ3n) is 4.69. The summed E-state index contributed by atoms with van der Waals surface area (Å²) in [5.41, 5.74) is 1.49. The monoisotopic (exact) mass is 413 g/mol. The summed E-state index contributed by atoms with van der Waals surface area (Å²) in [5.74, 6) is 0.370. The van der Waals surface area contributed by atoms with Crippen LogP contribution in [-0.2, 0) is 10.0 Å². The lowest BCUT2D eigenvalue weighted by atomic mass is 10.1. The van der Waals surface area contributed by atoms with E-state index in [4.69, 9.17) is 5.26 Å². The summed E-state index contributed by atoms with van der Waals surface area (Å²) in [6, 6.07) is 12.5. The van der Waals surface area contributed by atoms with Gasteiger partial charge in [-0.15, -0.1) is 0 Å². The molecule has 150 valence electrons. The van der Waals surface area contributed by atoms with Crippen molar-refractivity contribution >= 4 is 21.5 Å². The van der Waals surface area contributed by atoms with E-state index in [0.717, 1.165) is 5.56 Å². The highest BCUT2D eigenvalue weighted by atomic mass is 32.2. The number of nitriles is 1. The van der Waals surface area contributed by atoms with Crippen LogP contribution in [0.15, 0.2) is 58.4 Å². The van der Waals surface area contributed by atoms with Crippen molar-refractivity contribution in [3.8, 4) is 6.19 Å². The van der Waals surface area contributed by atoms with Gasteiger partial charge in [-0.1, -0.05) is 17.7 Å². The molecule has 0 aromatic heterocycles. The molecule has 1 fully saturated rings. The quantitative estimate of drug-likeness (QED) is 0.249. The van der Waals surface area contributed by atoms with E-state index in [1.165, 1.54) is 28.6 Å². The lowest BCUT2D eigenvalue weighted by Crippen LogP contribution is -2.50. The first-order valence-electron chi connectivity index (χ1n) is 8.86. The van der Waals surface area contributed by atoms with Crippen LogP contribution in [0.3, 0.4) is 0 Å². The molecule has 1 heterocycles. The topological polar surface area (TPSA) is 120 Å². The number of nitro benzene ring substituents is 1. The number of benzene rings is 2. The molecule has 0 N–H and O–H groups in total.